The molecule has 0 bridgehead atoms. The molecular weight excluding hydrogens is 390 g/mol. The van der Waals surface area contributed by atoms with E-state index in [2.05, 4.69) is 26.1 Å². The summed E-state index contributed by atoms with van der Waals surface area (Å²) in [7, 11) is 0. The van der Waals surface area contributed by atoms with Crippen LogP contribution in [-0.4, -0.2) is 43.7 Å². The number of hydrogen-bond donors (Lipinski definition) is 1. The molecule has 2 fully saturated rings. The van der Waals surface area contributed by atoms with Crippen molar-refractivity contribution in [2.45, 2.75) is 110 Å². The van der Waals surface area contributed by atoms with Gasteiger partial charge in [-0.05, 0) is 89.9 Å². The van der Waals surface area contributed by atoms with Crippen molar-refractivity contribution in [3.8, 4) is 0 Å². The molecule has 182 valence electrons. The number of carbonyl (C=O) groups excluding carboxylic acids is 2. The number of ketones is 1. The molecule has 2 aliphatic carbocycles. The van der Waals surface area contributed by atoms with Crippen molar-refractivity contribution in [2.75, 3.05) is 19.8 Å². The average Bonchev–Trinajstić information content (AvgIpc) is 2.77. The minimum Gasteiger partial charge on any atom is -0.381 e. The van der Waals surface area contributed by atoms with Crippen LogP contribution in [0.4, 0.5) is 0 Å². The first-order chi connectivity index (χ1) is 14.9. The maximum atomic E-state index is 12.3. The van der Waals surface area contributed by atoms with Gasteiger partial charge in [0.1, 0.15) is 5.78 Å². The highest BCUT2D eigenvalue weighted by Gasteiger charge is 2.29. The van der Waals surface area contributed by atoms with Gasteiger partial charge in [-0.3, -0.25) is 9.59 Å². The van der Waals surface area contributed by atoms with E-state index in [4.69, 9.17) is 9.47 Å². The van der Waals surface area contributed by atoms with Crippen LogP contribution in [0.5, 0.6) is 0 Å². The molecular formula is C26H49NO4. The van der Waals surface area contributed by atoms with Gasteiger partial charge in [-0.25, -0.2) is 0 Å². The van der Waals surface area contributed by atoms with Crippen molar-refractivity contribution in [1.29, 1.82) is 0 Å². The van der Waals surface area contributed by atoms with Gasteiger partial charge in [0.15, 0.2) is 0 Å². The lowest BCUT2D eigenvalue weighted by molar-refractivity contribution is -0.127. The highest BCUT2D eigenvalue weighted by atomic mass is 16.5. The highest BCUT2D eigenvalue weighted by molar-refractivity contribution is 5.83. The Morgan fingerprint density at radius 1 is 0.935 bits per heavy atom. The van der Waals surface area contributed by atoms with E-state index in [1.807, 2.05) is 6.92 Å². The maximum Gasteiger partial charge on any atom is 0.220 e. The monoisotopic (exact) mass is 439 g/mol. The molecule has 0 saturated heterocycles. The van der Waals surface area contributed by atoms with E-state index in [0.29, 0.717) is 36.8 Å². The molecule has 0 spiro atoms. The Kier molecular flexibility index (Phi) is 12.1. The molecule has 1 amide bonds. The Bertz CT molecular complexity index is 526. The second-order valence-corrected chi connectivity index (χ2v) is 10.3. The SMILES string of the molecule is CCC(C)C(=O)C1CCC(NC(=O)CCCOCC2CCC(COC(C)C)CC2)CC1.[HH]. The summed E-state index contributed by atoms with van der Waals surface area (Å²) < 4.78 is 11.6. The van der Waals surface area contributed by atoms with E-state index < -0.39 is 0 Å². The smallest absolute Gasteiger partial charge is 0.220 e. The highest BCUT2D eigenvalue weighted by Crippen LogP contribution is 2.30. The number of carbonyl (C=O) groups is 2. The molecule has 5 nitrogen and oxygen atoms in total. The number of nitrogens with one attached hydrogen (secondary N) is 1. The number of hydrogen-bond acceptors (Lipinski definition) is 4. The second kappa shape index (κ2) is 14.3. The van der Waals surface area contributed by atoms with Crippen LogP contribution in [0.1, 0.15) is 99.8 Å². The van der Waals surface area contributed by atoms with Crippen LogP contribution in [-0.2, 0) is 19.1 Å². The summed E-state index contributed by atoms with van der Waals surface area (Å²) in [5, 5.41) is 3.17. The van der Waals surface area contributed by atoms with Crippen molar-refractivity contribution in [1.82, 2.24) is 5.32 Å². The van der Waals surface area contributed by atoms with Crippen LogP contribution in [0, 0.1) is 23.7 Å². The lowest BCUT2D eigenvalue weighted by atomic mass is 9.79. The summed E-state index contributed by atoms with van der Waals surface area (Å²) in [6.07, 6.45) is 11.2. The Labute approximate surface area is 191 Å². The molecule has 2 rings (SSSR count). The van der Waals surface area contributed by atoms with Crippen LogP contribution >= 0.6 is 0 Å². The van der Waals surface area contributed by atoms with E-state index in [9.17, 15) is 9.59 Å². The van der Waals surface area contributed by atoms with Gasteiger partial charge in [0, 0.05) is 45.5 Å². The summed E-state index contributed by atoms with van der Waals surface area (Å²) in [6, 6.07) is 0.240. The molecule has 0 heterocycles. The van der Waals surface area contributed by atoms with Crippen molar-refractivity contribution >= 4 is 11.7 Å². The standard InChI is InChI=1S/C26H47NO4.H2/c1-5-20(4)26(29)23-12-14-24(15-13-23)27-25(28)7-6-16-30-17-21-8-10-22(11-9-21)18-31-19(2)3;/h19-24H,5-18H2,1-4H3,(H,27,28);1H. The van der Waals surface area contributed by atoms with Crippen LogP contribution in [0.3, 0.4) is 0 Å². The number of ether oxygens (including phenoxy) is 2. The predicted octanol–water partition coefficient (Wildman–Crippen LogP) is 5.55. The summed E-state index contributed by atoms with van der Waals surface area (Å²) in [5.74, 6) is 2.30. The molecule has 2 saturated carbocycles. The molecule has 0 radical (unpaired) electrons. The first-order valence-corrected chi connectivity index (χ1v) is 12.9. The largest absolute Gasteiger partial charge is 0.381 e. The lowest BCUT2D eigenvalue weighted by Gasteiger charge is -2.29. The van der Waals surface area contributed by atoms with Gasteiger partial charge in [-0.15, -0.1) is 0 Å². The Morgan fingerprint density at radius 2 is 1.55 bits per heavy atom. The molecule has 1 unspecified atom stereocenters. The topological polar surface area (TPSA) is 64.6 Å². The molecule has 5 heteroatoms. The normalized spacial score (nSPS) is 27.8. The van der Waals surface area contributed by atoms with Crippen molar-refractivity contribution < 1.29 is 20.5 Å². The molecule has 0 aliphatic heterocycles. The van der Waals surface area contributed by atoms with E-state index in [1.165, 1.54) is 25.7 Å². The Hall–Kier alpha value is -0.940. The van der Waals surface area contributed by atoms with Crippen LogP contribution in [0.25, 0.3) is 0 Å². The molecule has 0 aromatic heterocycles. The zero-order valence-corrected chi connectivity index (χ0v) is 20.5. The van der Waals surface area contributed by atoms with Crippen molar-refractivity contribution in [3.63, 3.8) is 0 Å². The molecule has 1 atom stereocenters. The first-order valence-electron chi connectivity index (χ1n) is 12.9. The number of rotatable bonds is 13. The molecule has 2 aliphatic rings. The number of Topliss-reactive ketones (excluding diaryl/α,β-unsaturated/α-hetero) is 1. The average molecular weight is 440 g/mol. The second-order valence-electron chi connectivity index (χ2n) is 10.3. The lowest BCUT2D eigenvalue weighted by Crippen LogP contribution is -2.39. The first kappa shape index (κ1) is 26.3. The fraction of sp³-hybridized carbons (Fsp3) is 0.923. The third-order valence-corrected chi connectivity index (χ3v) is 7.27. The zero-order chi connectivity index (χ0) is 22.6. The van der Waals surface area contributed by atoms with Gasteiger partial charge in [-0.1, -0.05) is 13.8 Å². The molecule has 0 aromatic carbocycles. The predicted molar refractivity (Wildman–Crippen MR) is 127 cm³/mol. The van der Waals surface area contributed by atoms with E-state index >= 15 is 0 Å². The fourth-order valence-electron chi connectivity index (χ4n) is 4.90. The van der Waals surface area contributed by atoms with E-state index in [0.717, 1.165) is 51.7 Å². The summed E-state index contributed by atoms with van der Waals surface area (Å²) >= 11 is 0. The maximum absolute atomic E-state index is 12.3. The molecule has 0 aromatic rings. The van der Waals surface area contributed by atoms with Gasteiger partial charge in [0.05, 0.1) is 6.10 Å². The van der Waals surface area contributed by atoms with Crippen LogP contribution < -0.4 is 5.32 Å². The van der Waals surface area contributed by atoms with Crippen LogP contribution in [0.2, 0.25) is 0 Å². The van der Waals surface area contributed by atoms with Gasteiger partial charge in [-0.2, -0.15) is 0 Å². The van der Waals surface area contributed by atoms with Crippen molar-refractivity contribution in [2.24, 2.45) is 23.7 Å². The fourth-order valence-corrected chi connectivity index (χ4v) is 4.90. The third-order valence-electron chi connectivity index (χ3n) is 7.27. The van der Waals surface area contributed by atoms with Gasteiger partial charge in [0.25, 0.3) is 0 Å². The van der Waals surface area contributed by atoms with Gasteiger partial charge in [0.2, 0.25) is 5.91 Å². The summed E-state index contributed by atoms with van der Waals surface area (Å²) in [5.41, 5.74) is 0. The minimum absolute atomic E-state index is 0. The Balaban J connectivity index is 0.00000512. The molecule has 31 heavy (non-hydrogen) atoms. The van der Waals surface area contributed by atoms with Crippen molar-refractivity contribution in [3.05, 3.63) is 0 Å². The number of amides is 1. The zero-order valence-electron chi connectivity index (χ0n) is 20.5. The van der Waals surface area contributed by atoms with Gasteiger partial charge >= 0.3 is 0 Å². The summed E-state index contributed by atoms with van der Waals surface area (Å²) in [4.78, 5) is 24.6. The van der Waals surface area contributed by atoms with Crippen LogP contribution in [0.15, 0.2) is 0 Å². The van der Waals surface area contributed by atoms with Gasteiger partial charge < -0.3 is 14.8 Å². The minimum atomic E-state index is 0. The summed E-state index contributed by atoms with van der Waals surface area (Å²) in [6.45, 7) is 10.7. The third kappa shape index (κ3) is 10.0. The van der Waals surface area contributed by atoms with E-state index in [1.54, 1.807) is 0 Å². The Morgan fingerprint density at radius 3 is 2.13 bits per heavy atom. The van der Waals surface area contributed by atoms with E-state index in [-0.39, 0.29) is 25.2 Å². The quantitative estimate of drug-likeness (QED) is 0.382. The molecule has 1 N–H and O–H groups in total.